The topological polar surface area (TPSA) is 75.9 Å². The summed E-state index contributed by atoms with van der Waals surface area (Å²) in [6, 6.07) is 8.03. The predicted octanol–water partition coefficient (Wildman–Crippen LogP) is 3.48. The smallest absolute Gasteiger partial charge is 0.406 e. The molecule has 1 atom stereocenters. The monoisotopic (exact) mass is 335 g/mol. The van der Waals surface area contributed by atoms with E-state index in [0.717, 1.165) is 12.1 Å². The Morgan fingerprint density at radius 1 is 1.21 bits per heavy atom. The highest BCUT2D eigenvalue weighted by Crippen LogP contribution is 2.25. The number of nitriles is 1. The van der Waals surface area contributed by atoms with Gasteiger partial charge in [-0.15, -0.1) is 13.2 Å². The van der Waals surface area contributed by atoms with E-state index >= 15 is 0 Å². The third-order valence-corrected chi connectivity index (χ3v) is 3.00. The number of hydrogen-bond acceptors (Lipinski definition) is 5. The molecule has 0 aliphatic carbocycles. The Labute approximate surface area is 135 Å². The molecule has 0 spiro atoms. The minimum Gasteiger partial charge on any atom is -0.406 e. The molecule has 1 aromatic heterocycles. The van der Waals surface area contributed by atoms with Crippen LogP contribution in [0.25, 0.3) is 0 Å². The molecule has 0 unspecified atom stereocenters. The van der Waals surface area contributed by atoms with Crippen molar-refractivity contribution in [2.24, 2.45) is 0 Å². The summed E-state index contributed by atoms with van der Waals surface area (Å²) in [5.74, 6) is -2.53. The average molecular weight is 335 g/mol. The van der Waals surface area contributed by atoms with Crippen molar-refractivity contribution >= 4 is 5.78 Å². The normalized spacial score (nSPS) is 12.3. The average Bonchev–Trinajstić information content (AvgIpc) is 2.45. The lowest BCUT2D eigenvalue weighted by molar-refractivity contribution is -0.274. The molecule has 0 aliphatic heterocycles. The van der Waals surface area contributed by atoms with E-state index in [9.17, 15) is 23.2 Å². The van der Waals surface area contributed by atoms with Gasteiger partial charge in [0.2, 0.25) is 0 Å². The molecular formula is C16H12F3N3O2. The van der Waals surface area contributed by atoms with Crippen LogP contribution in [0.4, 0.5) is 13.2 Å². The van der Waals surface area contributed by atoms with Crippen LogP contribution in [0, 0.1) is 25.2 Å². The minimum absolute atomic E-state index is 0.0159. The van der Waals surface area contributed by atoms with Crippen LogP contribution >= 0.6 is 0 Å². The molecule has 0 N–H and O–H groups in total. The molecule has 0 radical (unpaired) electrons. The molecule has 0 fully saturated rings. The zero-order valence-corrected chi connectivity index (χ0v) is 12.8. The molecule has 2 rings (SSSR count). The molecule has 0 aliphatic rings. The molecule has 2 aromatic rings. The Balaban J connectivity index is 2.35. The van der Waals surface area contributed by atoms with Crippen LogP contribution in [0.3, 0.4) is 0 Å². The fourth-order valence-electron chi connectivity index (χ4n) is 2.13. The number of ether oxygens (including phenoxy) is 1. The summed E-state index contributed by atoms with van der Waals surface area (Å²) in [7, 11) is 0. The van der Waals surface area contributed by atoms with Crippen molar-refractivity contribution in [1.82, 2.24) is 9.97 Å². The molecule has 24 heavy (non-hydrogen) atoms. The van der Waals surface area contributed by atoms with Gasteiger partial charge in [-0.3, -0.25) is 4.79 Å². The number of carbonyl (C=O) groups is 1. The summed E-state index contributed by atoms with van der Waals surface area (Å²) in [5.41, 5.74) is 1.07. The lowest BCUT2D eigenvalue weighted by Crippen LogP contribution is -2.18. The maximum Gasteiger partial charge on any atom is 0.573 e. The van der Waals surface area contributed by atoms with Crippen molar-refractivity contribution in [2.45, 2.75) is 26.1 Å². The molecule has 5 nitrogen and oxygen atoms in total. The summed E-state index contributed by atoms with van der Waals surface area (Å²) < 4.78 is 40.6. The lowest BCUT2D eigenvalue weighted by atomic mass is 9.97. The fraction of sp³-hybridized carbons (Fsp3) is 0.250. The number of Topliss-reactive ketones (excluding diaryl/α,β-unsaturated/α-hetero) is 1. The predicted molar refractivity (Wildman–Crippen MR) is 77.3 cm³/mol. The number of nitrogens with zero attached hydrogens (tertiary/aromatic N) is 3. The Kier molecular flexibility index (Phi) is 4.83. The standard InChI is InChI=1S/C16H12F3N3O2/c1-9-6-10(2)22-15(21-9)13(8-20)14(23)11-4-3-5-12(7-11)24-16(17,18)19/h3-7,13H,1-2H3/t13-/m0/s1. The number of ketones is 1. The van der Waals surface area contributed by atoms with E-state index in [1.807, 2.05) is 0 Å². The van der Waals surface area contributed by atoms with Crippen LogP contribution in [-0.4, -0.2) is 22.1 Å². The minimum atomic E-state index is -4.87. The van der Waals surface area contributed by atoms with Gasteiger partial charge in [0.1, 0.15) is 5.75 Å². The van der Waals surface area contributed by atoms with Gasteiger partial charge in [-0.2, -0.15) is 5.26 Å². The Bertz CT molecular complexity index is 793. The van der Waals surface area contributed by atoms with Gasteiger partial charge in [-0.1, -0.05) is 12.1 Å². The van der Waals surface area contributed by atoms with E-state index in [0.29, 0.717) is 11.4 Å². The summed E-state index contributed by atoms with van der Waals surface area (Å²) >= 11 is 0. The number of halogens is 3. The van der Waals surface area contributed by atoms with Crippen molar-refractivity contribution in [1.29, 1.82) is 5.26 Å². The van der Waals surface area contributed by atoms with Crippen LogP contribution < -0.4 is 4.74 Å². The fourth-order valence-corrected chi connectivity index (χ4v) is 2.13. The zero-order valence-electron chi connectivity index (χ0n) is 12.8. The summed E-state index contributed by atoms with van der Waals surface area (Å²) in [6.07, 6.45) is -4.87. The quantitative estimate of drug-likeness (QED) is 0.800. The van der Waals surface area contributed by atoms with Crippen molar-refractivity contribution in [3.8, 4) is 11.8 Å². The van der Waals surface area contributed by atoms with Gasteiger partial charge >= 0.3 is 6.36 Å². The van der Waals surface area contributed by atoms with Gasteiger partial charge in [0.05, 0.1) is 6.07 Å². The first-order valence-electron chi connectivity index (χ1n) is 6.81. The van der Waals surface area contributed by atoms with E-state index in [2.05, 4.69) is 14.7 Å². The number of benzene rings is 1. The van der Waals surface area contributed by atoms with Crippen LogP contribution in [0.5, 0.6) is 5.75 Å². The first-order valence-corrected chi connectivity index (χ1v) is 6.81. The molecule has 0 saturated carbocycles. The highest BCUT2D eigenvalue weighted by atomic mass is 19.4. The molecule has 0 amide bonds. The van der Waals surface area contributed by atoms with Gasteiger partial charge < -0.3 is 4.74 Å². The highest BCUT2D eigenvalue weighted by molar-refractivity contribution is 6.02. The Morgan fingerprint density at radius 2 is 1.83 bits per heavy atom. The maximum absolute atomic E-state index is 12.5. The van der Waals surface area contributed by atoms with E-state index < -0.39 is 23.8 Å². The van der Waals surface area contributed by atoms with Gasteiger partial charge in [0.15, 0.2) is 17.5 Å². The van der Waals surface area contributed by atoms with Gasteiger partial charge in [-0.25, -0.2) is 9.97 Å². The second-order valence-corrected chi connectivity index (χ2v) is 5.01. The Morgan fingerprint density at radius 3 is 2.38 bits per heavy atom. The van der Waals surface area contributed by atoms with Crippen molar-refractivity contribution in [3.63, 3.8) is 0 Å². The van der Waals surface area contributed by atoms with Crippen LogP contribution in [0.15, 0.2) is 30.3 Å². The molecule has 0 saturated heterocycles. The summed E-state index contributed by atoms with van der Waals surface area (Å²) in [4.78, 5) is 20.6. The van der Waals surface area contributed by atoms with Crippen LogP contribution in [0.1, 0.15) is 33.5 Å². The van der Waals surface area contributed by atoms with Crippen LogP contribution in [0.2, 0.25) is 0 Å². The SMILES string of the molecule is Cc1cc(C)nc([C@@H](C#N)C(=O)c2cccc(OC(F)(F)F)c2)n1. The second-order valence-electron chi connectivity index (χ2n) is 5.01. The maximum atomic E-state index is 12.5. The van der Waals surface area contributed by atoms with Gasteiger partial charge in [-0.05, 0) is 32.0 Å². The number of rotatable bonds is 4. The van der Waals surface area contributed by atoms with Gasteiger partial charge in [0.25, 0.3) is 0 Å². The van der Waals surface area contributed by atoms with Crippen molar-refractivity contribution in [3.05, 3.63) is 53.1 Å². The molecular weight excluding hydrogens is 323 g/mol. The molecule has 8 heteroatoms. The number of hydrogen-bond donors (Lipinski definition) is 0. The molecule has 0 bridgehead atoms. The second kappa shape index (κ2) is 6.66. The third kappa shape index (κ3) is 4.29. The number of carbonyl (C=O) groups excluding carboxylic acids is 1. The van der Waals surface area contributed by atoms with E-state index in [1.54, 1.807) is 26.0 Å². The molecule has 124 valence electrons. The van der Waals surface area contributed by atoms with Crippen LogP contribution in [-0.2, 0) is 0 Å². The largest absolute Gasteiger partial charge is 0.573 e. The number of aromatic nitrogens is 2. The summed E-state index contributed by atoms with van der Waals surface area (Å²) in [6.45, 7) is 3.38. The third-order valence-electron chi connectivity index (χ3n) is 3.00. The summed E-state index contributed by atoms with van der Waals surface area (Å²) in [5, 5.41) is 9.29. The molecule has 1 aromatic carbocycles. The Hall–Kier alpha value is -2.95. The van der Waals surface area contributed by atoms with E-state index in [-0.39, 0.29) is 11.4 Å². The van der Waals surface area contributed by atoms with Crippen molar-refractivity contribution < 1.29 is 22.7 Å². The molecule has 1 heterocycles. The first-order chi connectivity index (χ1) is 11.2. The highest BCUT2D eigenvalue weighted by Gasteiger charge is 2.32. The number of aryl methyl sites for hydroxylation is 2. The van der Waals surface area contributed by atoms with E-state index in [1.165, 1.54) is 12.1 Å². The number of alkyl halides is 3. The van der Waals surface area contributed by atoms with Crippen molar-refractivity contribution in [2.75, 3.05) is 0 Å². The lowest BCUT2D eigenvalue weighted by Gasteiger charge is -2.11. The van der Waals surface area contributed by atoms with Gasteiger partial charge in [0, 0.05) is 17.0 Å². The first kappa shape index (κ1) is 17.4. The van der Waals surface area contributed by atoms with E-state index in [4.69, 9.17) is 0 Å². The zero-order chi connectivity index (χ0) is 17.9.